The number of benzene rings is 2. The van der Waals surface area contributed by atoms with Gasteiger partial charge in [0.15, 0.2) is 6.21 Å². The molecule has 0 unspecified atom stereocenters. The third kappa shape index (κ3) is 4.03. The summed E-state index contributed by atoms with van der Waals surface area (Å²) in [6.07, 6.45) is -15.4. The Bertz CT molecular complexity index is 949. The van der Waals surface area contributed by atoms with Gasteiger partial charge in [-0.1, -0.05) is 12.1 Å². The van der Waals surface area contributed by atoms with E-state index in [1.165, 1.54) is 12.1 Å². The predicted molar refractivity (Wildman–Crippen MR) is 83.2 cm³/mol. The van der Waals surface area contributed by atoms with Crippen LogP contribution in [0.1, 0.15) is 27.8 Å². The molecule has 156 valence electrons. The summed E-state index contributed by atoms with van der Waals surface area (Å²) in [7, 11) is 0. The molecular weight excluding hydrogens is 417 g/mol. The number of nitrogens with zero attached hydrogens (tertiary/aromatic N) is 1. The van der Waals surface area contributed by atoms with Crippen LogP contribution in [0.5, 0.6) is 5.75 Å². The fourth-order valence-electron chi connectivity index (χ4n) is 2.98. The van der Waals surface area contributed by atoms with Crippen LogP contribution in [0.15, 0.2) is 30.3 Å². The van der Waals surface area contributed by atoms with E-state index in [-0.39, 0.29) is 23.4 Å². The van der Waals surface area contributed by atoms with Gasteiger partial charge in [0, 0.05) is 0 Å². The van der Waals surface area contributed by atoms with Crippen LogP contribution < -0.4 is 4.74 Å². The Morgan fingerprint density at radius 3 is 1.86 bits per heavy atom. The molecule has 0 amide bonds. The number of halogens is 9. The summed E-state index contributed by atoms with van der Waals surface area (Å²) < 4.78 is 126. The zero-order valence-corrected chi connectivity index (χ0v) is 14.4. The van der Waals surface area contributed by atoms with Crippen LogP contribution in [0, 0.1) is 6.92 Å². The van der Waals surface area contributed by atoms with Crippen LogP contribution in [-0.4, -0.2) is 17.5 Å². The first-order valence-corrected chi connectivity index (χ1v) is 7.93. The Hall–Kier alpha value is -2.72. The smallest absolute Gasteiger partial charge is 0.422 e. The van der Waals surface area contributed by atoms with Gasteiger partial charge in [-0.2, -0.15) is 44.1 Å². The van der Waals surface area contributed by atoms with Crippen LogP contribution in [0.3, 0.4) is 0 Å². The second-order valence-electron chi connectivity index (χ2n) is 6.28. The number of para-hydroxylation sites is 1. The van der Waals surface area contributed by atoms with E-state index in [0.717, 1.165) is 6.21 Å². The number of aryl methyl sites for hydroxylation is 1. The van der Waals surface area contributed by atoms with Gasteiger partial charge in [0.2, 0.25) is 5.69 Å². The summed E-state index contributed by atoms with van der Waals surface area (Å²) >= 11 is 0. The highest BCUT2D eigenvalue weighted by molar-refractivity contribution is 5.82. The van der Waals surface area contributed by atoms with Gasteiger partial charge >= 0.3 is 18.5 Å². The summed E-state index contributed by atoms with van der Waals surface area (Å²) in [5.74, 6) is 0.262. The average Bonchev–Trinajstić information content (AvgIpc) is 2.58. The lowest BCUT2D eigenvalue weighted by molar-refractivity contribution is -0.479. The summed E-state index contributed by atoms with van der Waals surface area (Å²) in [6.45, 7) is 0.887. The SMILES string of the molecule is Cc1cccc2c1OC[N+](c1c(C(F)(F)F)cc(C(F)(F)F)cc1C(F)(F)F)=C2. The van der Waals surface area contributed by atoms with Crippen molar-refractivity contribution in [1.82, 2.24) is 0 Å². The molecule has 2 nitrogen and oxygen atoms in total. The Balaban J connectivity index is 2.36. The molecule has 11 heteroatoms. The minimum Gasteiger partial charge on any atom is -0.435 e. The summed E-state index contributed by atoms with van der Waals surface area (Å²) in [5.41, 5.74) is -6.83. The molecule has 2 aromatic rings. The predicted octanol–water partition coefficient (Wildman–Crippen LogP) is 6.16. The number of hydrogen-bond donors (Lipinski definition) is 0. The molecule has 0 fully saturated rings. The van der Waals surface area contributed by atoms with Crippen molar-refractivity contribution in [1.29, 1.82) is 0 Å². The maximum Gasteiger partial charge on any atom is 0.422 e. The minimum absolute atomic E-state index is 0.192. The van der Waals surface area contributed by atoms with Gasteiger partial charge in [0.05, 0.1) is 11.1 Å². The summed E-state index contributed by atoms with van der Waals surface area (Å²) in [6, 6.07) is 3.88. The van der Waals surface area contributed by atoms with E-state index in [4.69, 9.17) is 4.74 Å². The van der Waals surface area contributed by atoms with E-state index >= 15 is 0 Å². The Morgan fingerprint density at radius 2 is 1.38 bits per heavy atom. The van der Waals surface area contributed by atoms with Crippen molar-refractivity contribution in [2.45, 2.75) is 25.5 Å². The molecule has 1 aliphatic rings. The van der Waals surface area contributed by atoms with Crippen molar-refractivity contribution in [2.24, 2.45) is 0 Å². The quantitative estimate of drug-likeness (QED) is 0.391. The lowest BCUT2D eigenvalue weighted by Crippen LogP contribution is -2.27. The van der Waals surface area contributed by atoms with Gasteiger partial charge in [-0.05, 0) is 30.7 Å². The van der Waals surface area contributed by atoms with Gasteiger partial charge < -0.3 is 4.74 Å². The third-order valence-electron chi connectivity index (χ3n) is 4.22. The molecular formula is C18H11F9NO+. The molecule has 29 heavy (non-hydrogen) atoms. The molecule has 0 atom stereocenters. The maximum atomic E-state index is 13.5. The van der Waals surface area contributed by atoms with Crippen LogP contribution in [0.4, 0.5) is 45.2 Å². The molecule has 0 aliphatic carbocycles. The molecule has 0 saturated carbocycles. The standard InChI is InChI=1S/C18H11F9NO/c1-9-3-2-4-10-7-28(8-29-15(9)10)14-12(17(22,23)24)5-11(16(19,20)21)6-13(14)18(25,26)27/h2-7H,8H2,1H3/q+1. The normalized spacial score (nSPS) is 14.9. The minimum atomic E-state index is -5.47. The fraction of sp³-hybridized carbons (Fsp3) is 0.278. The van der Waals surface area contributed by atoms with Crippen molar-refractivity contribution >= 4 is 11.9 Å². The molecule has 1 heterocycles. The third-order valence-corrected chi connectivity index (χ3v) is 4.22. The zero-order valence-electron chi connectivity index (χ0n) is 14.4. The number of rotatable bonds is 1. The first-order valence-electron chi connectivity index (χ1n) is 7.93. The van der Waals surface area contributed by atoms with Gasteiger partial charge in [-0.15, -0.1) is 0 Å². The van der Waals surface area contributed by atoms with Gasteiger partial charge in [-0.25, -0.2) is 0 Å². The van der Waals surface area contributed by atoms with E-state index in [9.17, 15) is 39.5 Å². The lowest BCUT2D eigenvalue weighted by Gasteiger charge is -2.21. The Morgan fingerprint density at radius 1 is 0.828 bits per heavy atom. The molecule has 0 saturated heterocycles. The first kappa shape index (κ1) is 21.0. The molecule has 3 rings (SSSR count). The largest absolute Gasteiger partial charge is 0.435 e. The second kappa shape index (κ2) is 6.67. The topological polar surface area (TPSA) is 12.2 Å². The molecule has 0 aromatic heterocycles. The van der Waals surface area contributed by atoms with Gasteiger partial charge in [0.25, 0.3) is 6.73 Å². The molecule has 0 spiro atoms. The molecule has 0 bridgehead atoms. The number of hydrogen-bond acceptors (Lipinski definition) is 1. The number of alkyl halides is 9. The van der Waals surface area contributed by atoms with E-state index in [1.54, 1.807) is 13.0 Å². The molecule has 0 N–H and O–H groups in total. The van der Waals surface area contributed by atoms with Crippen molar-refractivity contribution in [3.63, 3.8) is 0 Å². The summed E-state index contributed by atoms with van der Waals surface area (Å²) in [4.78, 5) is 0. The second-order valence-corrected chi connectivity index (χ2v) is 6.28. The molecule has 2 aromatic carbocycles. The van der Waals surface area contributed by atoms with Crippen molar-refractivity contribution in [3.05, 3.63) is 58.1 Å². The van der Waals surface area contributed by atoms with Crippen LogP contribution in [0.2, 0.25) is 0 Å². The van der Waals surface area contributed by atoms with Gasteiger partial charge in [-0.3, -0.25) is 0 Å². The Kier molecular flexibility index (Phi) is 4.83. The zero-order chi connectivity index (χ0) is 21.8. The van der Waals surface area contributed by atoms with E-state index in [2.05, 4.69) is 0 Å². The molecule has 0 radical (unpaired) electrons. The lowest BCUT2D eigenvalue weighted by atomic mass is 10.00. The van der Waals surface area contributed by atoms with E-state index < -0.39 is 47.6 Å². The van der Waals surface area contributed by atoms with Crippen molar-refractivity contribution in [2.75, 3.05) is 6.73 Å². The van der Waals surface area contributed by atoms with E-state index in [1.807, 2.05) is 0 Å². The number of ether oxygens (including phenoxy) is 1. The Labute approximate surface area is 157 Å². The highest BCUT2D eigenvalue weighted by atomic mass is 19.4. The highest BCUT2D eigenvalue weighted by Crippen LogP contribution is 2.47. The molecule has 1 aliphatic heterocycles. The summed E-state index contributed by atoms with van der Waals surface area (Å²) in [5, 5.41) is 0. The average molecular weight is 428 g/mol. The van der Waals surface area contributed by atoms with E-state index in [0.29, 0.717) is 10.1 Å². The highest BCUT2D eigenvalue weighted by Gasteiger charge is 2.49. The fourth-order valence-corrected chi connectivity index (χ4v) is 2.98. The van der Waals surface area contributed by atoms with Crippen LogP contribution in [-0.2, 0) is 18.5 Å². The number of fused-ring (bicyclic) bond motifs is 1. The van der Waals surface area contributed by atoms with Crippen molar-refractivity contribution < 1.29 is 48.8 Å². The van der Waals surface area contributed by atoms with Crippen LogP contribution >= 0.6 is 0 Å². The van der Waals surface area contributed by atoms with Gasteiger partial charge in [0.1, 0.15) is 16.9 Å². The monoisotopic (exact) mass is 428 g/mol. The first-order chi connectivity index (χ1) is 13.2. The van der Waals surface area contributed by atoms with Crippen LogP contribution in [0.25, 0.3) is 0 Å². The van der Waals surface area contributed by atoms with Crippen molar-refractivity contribution in [3.8, 4) is 5.75 Å². The maximum absolute atomic E-state index is 13.5.